The van der Waals surface area contributed by atoms with Crippen LogP contribution in [0, 0.1) is 0 Å². The number of hydrogen-bond acceptors (Lipinski definition) is 2. The monoisotopic (exact) mass is 261 g/mol. The van der Waals surface area contributed by atoms with Crippen LogP contribution < -0.4 is 10.1 Å². The van der Waals surface area contributed by atoms with E-state index in [1.807, 2.05) is 0 Å². The second-order valence-electron chi connectivity index (χ2n) is 6.56. The van der Waals surface area contributed by atoms with E-state index in [1.54, 1.807) is 0 Å². The fourth-order valence-electron chi connectivity index (χ4n) is 2.54. The zero-order valence-corrected chi connectivity index (χ0v) is 12.5. The van der Waals surface area contributed by atoms with Gasteiger partial charge in [0.25, 0.3) is 0 Å². The number of ether oxygens (including phenoxy) is 1. The van der Waals surface area contributed by atoms with E-state index in [0.29, 0.717) is 6.04 Å². The molecular formula is C17H27NO. The molecule has 1 unspecified atom stereocenters. The molecule has 0 aromatic heterocycles. The Kier molecular flexibility index (Phi) is 4.87. The molecule has 0 bridgehead atoms. The van der Waals surface area contributed by atoms with Crippen LogP contribution in [0.1, 0.15) is 52.0 Å². The maximum atomic E-state index is 5.84. The summed E-state index contributed by atoms with van der Waals surface area (Å²) in [6.07, 6.45) is 5.09. The first-order valence-corrected chi connectivity index (χ1v) is 7.52. The predicted octanol–water partition coefficient (Wildman–Crippen LogP) is 3.90. The Morgan fingerprint density at radius 2 is 1.89 bits per heavy atom. The summed E-state index contributed by atoms with van der Waals surface area (Å²) in [6, 6.07) is 9.19. The van der Waals surface area contributed by atoms with Crippen LogP contribution in [0.25, 0.3) is 0 Å². The number of benzene rings is 1. The van der Waals surface area contributed by atoms with Crippen molar-refractivity contribution in [3.8, 4) is 5.75 Å². The highest BCUT2D eigenvalue weighted by Gasteiger charge is 2.14. The summed E-state index contributed by atoms with van der Waals surface area (Å²) < 4.78 is 5.84. The lowest BCUT2D eigenvalue weighted by molar-refractivity contribution is 0.268. The minimum Gasteiger partial charge on any atom is -0.494 e. The van der Waals surface area contributed by atoms with Crippen LogP contribution >= 0.6 is 0 Å². The second-order valence-corrected chi connectivity index (χ2v) is 6.56. The van der Waals surface area contributed by atoms with E-state index in [1.165, 1.54) is 31.4 Å². The van der Waals surface area contributed by atoms with Crippen molar-refractivity contribution in [1.29, 1.82) is 0 Å². The Balaban J connectivity index is 1.76. The molecule has 1 saturated heterocycles. The van der Waals surface area contributed by atoms with E-state index >= 15 is 0 Å². The Morgan fingerprint density at radius 1 is 1.16 bits per heavy atom. The molecule has 0 aliphatic carbocycles. The normalized spacial score (nSPS) is 20.3. The molecule has 1 atom stereocenters. The Labute approximate surface area is 117 Å². The minimum atomic E-state index is 0.213. The quantitative estimate of drug-likeness (QED) is 0.887. The van der Waals surface area contributed by atoms with Gasteiger partial charge in [-0.2, -0.15) is 0 Å². The molecule has 1 heterocycles. The third-order valence-corrected chi connectivity index (χ3v) is 3.87. The summed E-state index contributed by atoms with van der Waals surface area (Å²) in [6.45, 7) is 8.68. The first-order chi connectivity index (χ1) is 9.05. The summed E-state index contributed by atoms with van der Waals surface area (Å²) in [5.41, 5.74) is 1.57. The highest BCUT2D eigenvalue weighted by molar-refractivity contribution is 5.31. The van der Waals surface area contributed by atoms with Gasteiger partial charge in [0, 0.05) is 6.04 Å². The molecule has 0 saturated carbocycles. The van der Waals surface area contributed by atoms with Gasteiger partial charge in [0.2, 0.25) is 0 Å². The maximum absolute atomic E-state index is 5.84. The zero-order chi connectivity index (χ0) is 13.7. The number of rotatable bonds is 4. The van der Waals surface area contributed by atoms with Gasteiger partial charge in [-0.05, 0) is 48.9 Å². The number of piperidine rings is 1. The second kappa shape index (κ2) is 6.42. The van der Waals surface area contributed by atoms with E-state index in [-0.39, 0.29) is 5.41 Å². The summed E-state index contributed by atoms with van der Waals surface area (Å²) in [5, 5.41) is 3.55. The van der Waals surface area contributed by atoms with Crippen LogP contribution in [0.3, 0.4) is 0 Å². The molecule has 19 heavy (non-hydrogen) atoms. The van der Waals surface area contributed by atoms with Gasteiger partial charge in [0.1, 0.15) is 5.75 Å². The standard InChI is InChI=1S/C17H27NO/c1-17(2,3)14-7-9-16(10-8-14)19-13-11-15-6-4-5-12-18-15/h7-10,15,18H,4-6,11-13H2,1-3H3. The van der Waals surface area contributed by atoms with Crippen molar-refractivity contribution in [2.45, 2.75) is 57.9 Å². The van der Waals surface area contributed by atoms with Gasteiger partial charge in [-0.15, -0.1) is 0 Å². The Hall–Kier alpha value is -1.02. The smallest absolute Gasteiger partial charge is 0.119 e. The number of nitrogens with one attached hydrogen (secondary N) is 1. The highest BCUT2D eigenvalue weighted by Crippen LogP contribution is 2.24. The maximum Gasteiger partial charge on any atom is 0.119 e. The van der Waals surface area contributed by atoms with Gasteiger partial charge in [-0.25, -0.2) is 0 Å². The zero-order valence-electron chi connectivity index (χ0n) is 12.5. The van der Waals surface area contributed by atoms with E-state index in [4.69, 9.17) is 4.74 Å². The summed E-state index contributed by atoms with van der Waals surface area (Å²) >= 11 is 0. The molecule has 106 valence electrons. The first kappa shape index (κ1) is 14.4. The molecule has 0 radical (unpaired) electrons. The largest absolute Gasteiger partial charge is 0.494 e. The average Bonchev–Trinajstić information content (AvgIpc) is 2.39. The van der Waals surface area contributed by atoms with Crippen LogP contribution in [-0.2, 0) is 5.41 Å². The Bertz CT molecular complexity index is 371. The summed E-state index contributed by atoms with van der Waals surface area (Å²) in [5.74, 6) is 0.990. The van der Waals surface area contributed by atoms with E-state index in [9.17, 15) is 0 Å². The van der Waals surface area contributed by atoms with Gasteiger partial charge in [0.15, 0.2) is 0 Å². The van der Waals surface area contributed by atoms with Crippen molar-refractivity contribution in [2.75, 3.05) is 13.2 Å². The SMILES string of the molecule is CC(C)(C)c1ccc(OCCC2CCCCN2)cc1. The van der Waals surface area contributed by atoms with Gasteiger partial charge in [0.05, 0.1) is 6.61 Å². The lowest BCUT2D eigenvalue weighted by atomic mass is 9.87. The lowest BCUT2D eigenvalue weighted by Gasteiger charge is -2.23. The molecule has 1 aliphatic rings. The molecular weight excluding hydrogens is 234 g/mol. The molecule has 2 nitrogen and oxygen atoms in total. The first-order valence-electron chi connectivity index (χ1n) is 7.52. The van der Waals surface area contributed by atoms with E-state index in [2.05, 4.69) is 50.4 Å². The van der Waals surface area contributed by atoms with Gasteiger partial charge < -0.3 is 10.1 Å². The van der Waals surface area contributed by atoms with Gasteiger partial charge >= 0.3 is 0 Å². The molecule has 0 spiro atoms. The Morgan fingerprint density at radius 3 is 2.47 bits per heavy atom. The van der Waals surface area contributed by atoms with Gasteiger partial charge in [-0.1, -0.05) is 39.3 Å². The lowest BCUT2D eigenvalue weighted by Crippen LogP contribution is -2.35. The molecule has 0 amide bonds. The van der Waals surface area contributed by atoms with Crippen molar-refractivity contribution in [1.82, 2.24) is 5.32 Å². The predicted molar refractivity (Wildman–Crippen MR) is 80.9 cm³/mol. The summed E-state index contributed by atoms with van der Waals surface area (Å²) in [7, 11) is 0. The molecule has 2 rings (SSSR count). The van der Waals surface area contributed by atoms with Crippen LogP contribution in [0.2, 0.25) is 0 Å². The van der Waals surface area contributed by atoms with Crippen molar-refractivity contribution in [3.05, 3.63) is 29.8 Å². The molecule has 1 aliphatic heterocycles. The van der Waals surface area contributed by atoms with Crippen molar-refractivity contribution < 1.29 is 4.74 Å². The van der Waals surface area contributed by atoms with Crippen LogP contribution in [0.5, 0.6) is 5.75 Å². The van der Waals surface area contributed by atoms with Crippen LogP contribution in [0.4, 0.5) is 0 Å². The average molecular weight is 261 g/mol. The fraction of sp³-hybridized carbons (Fsp3) is 0.647. The van der Waals surface area contributed by atoms with Gasteiger partial charge in [-0.3, -0.25) is 0 Å². The molecule has 1 aromatic rings. The van der Waals surface area contributed by atoms with Crippen molar-refractivity contribution in [3.63, 3.8) is 0 Å². The third-order valence-electron chi connectivity index (χ3n) is 3.87. The fourth-order valence-corrected chi connectivity index (χ4v) is 2.54. The summed E-state index contributed by atoms with van der Waals surface area (Å²) in [4.78, 5) is 0. The molecule has 1 fully saturated rings. The van der Waals surface area contributed by atoms with E-state index in [0.717, 1.165) is 18.8 Å². The van der Waals surface area contributed by atoms with Crippen molar-refractivity contribution in [2.24, 2.45) is 0 Å². The van der Waals surface area contributed by atoms with E-state index < -0.39 is 0 Å². The molecule has 2 heteroatoms. The van der Waals surface area contributed by atoms with Crippen LogP contribution in [0.15, 0.2) is 24.3 Å². The minimum absolute atomic E-state index is 0.213. The topological polar surface area (TPSA) is 21.3 Å². The van der Waals surface area contributed by atoms with Crippen LogP contribution in [-0.4, -0.2) is 19.2 Å². The molecule has 1 N–H and O–H groups in total. The highest BCUT2D eigenvalue weighted by atomic mass is 16.5. The van der Waals surface area contributed by atoms with Crippen molar-refractivity contribution >= 4 is 0 Å². The third kappa shape index (κ3) is 4.54. The molecule has 1 aromatic carbocycles. The number of hydrogen-bond donors (Lipinski definition) is 1.